The van der Waals surface area contributed by atoms with Crippen LogP contribution in [0.4, 0.5) is 0 Å². The Balaban J connectivity index is 1.97. The average molecular weight is 270 g/mol. The summed E-state index contributed by atoms with van der Waals surface area (Å²) >= 11 is 0. The standard InChI is InChI=1S/C16H18N2O2/c1-11-3-2-4-12(9-11)16(18-17)13-5-6-14-15(10-13)20-8-7-19-14/h2-6,9-10,16,18H,7-8,17H2,1H3. The van der Waals surface area contributed by atoms with E-state index >= 15 is 0 Å². The van der Waals surface area contributed by atoms with Crippen LogP contribution in [-0.4, -0.2) is 13.2 Å². The van der Waals surface area contributed by atoms with E-state index < -0.39 is 0 Å². The summed E-state index contributed by atoms with van der Waals surface area (Å²) in [6.45, 7) is 3.26. The van der Waals surface area contributed by atoms with Gasteiger partial charge in [0.15, 0.2) is 11.5 Å². The zero-order chi connectivity index (χ0) is 13.9. The molecule has 0 saturated carbocycles. The topological polar surface area (TPSA) is 56.5 Å². The van der Waals surface area contributed by atoms with E-state index in [1.807, 2.05) is 24.3 Å². The Bertz CT molecular complexity index is 613. The summed E-state index contributed by atoms with van der Waals surface area (Å²) in [5.74, 6) is 7.31. The van der Waals surface area contributed by atoms with Crippen LogP contribution < -0.4 is 20.7 Å². The molecular formula is C16H18N2O2. The fraction of sp³-hybridized carbons (Fsp3) is 0.250. The van der Waals surface area contributed by atoms with Gasteiger partial charge in [-0.15, -0.1) is 0 Å². The summed E-state index contributed by atoms with van der Waals surface area (Å²) in [5, 5.41) is 0. The molecule has 3 rings (SSSR count). The minimum Gasteiger partial charge on any atom is -0.486 e. The van der Waals surface area contributed by atoms with Crippen LogP contribution in [0.3, 0.4) is 0 Å². The Hall–Kier alpha value is -2.04. The third kappa shape index (κ3) is 2.48. The van der Waals surface area contributed by atoms with Gasteiger partial charge in [-0.2, -0.15) is 0 Å². The third-order valence-corrected chi connectivity index (χ3v) is 3.44. The lowest BCUT2D eigenvalue weighted by Crippen LogP contribution is -2.29. The van der Waals surface area contributed by atoms with Crippen LogP contribution in [0.2, 0.25) is 0 Å². The van der Waals surface area contributed by atoms with Crippen molar-refractivity contribution in [2.75, 3.05) is 13.2 Å². The van der Waals surface area contributed by atoms with Gasteiger partial charge in [-0.1, -0.05) is 35.9 Å². The first kappa shape index (κ1) is 13.0. The number of aryl methyl sites for hydroxylation is 1. The second-order valence-electron chi connectivity index (χ2n) is 4.92. The van der Waals surface area contributed by atoms with Gasteiger partial charge >= 0.3 is 0 Å². The van der Waals surface area contributed by atoms with Crippen molar-refractivity contribution >= 4 is 0 Å². The van der Waals surface area contributed by atoms with Gasteiger partial charge in [0, 0.05) is 0 Å². The number of nitrogens with one attached hydrogen (secondary N) is 1. The van der Waals surface area contributed by atoms with E-state index in [0.29, 0.717) is 13.2 Å². The highest BCUT2D eigenvalue weighted by atomic mass is 16.6. The summed E-state index contributed by atoms with van der Waals surface area (Å²) in [6, 6.07) is 14.2. The predicted octanol–water partition coefficient (Wildman–Crippen LogP) is 2.32. The zero-order valence-electron chi connectivity index (χ0n) is 11.4. The minimum absolute atomic E-state index is 0.0641. The molecule has 104 valence electrons. The van der Waals surface area contributed by atoms with E-state index in [0.717, 1.165) is 22.6 Å². The molecular weight excluding hydrogens is 252 g/mol. The normalized spacial score (nSPS) is 14.9. The van der Waals surface area contributed by atoms with E-state index in [1.54, 1.807) is 0 Å². The van der Waals surface area contributed by atoms with Crippen molar-refractivity contribution in [3.8, 4) is 11.5 Å². The predicted molar refractivity (Wildman–Crippen MR) is 77.8 cm³/mol. The average Bonchev–Trinajstić information content (AvgIpc) is 2.48. The molecule has 0 fully saturated rings. The van der Waals surface area contributed by atoms with Crippen molar-refractivity contribution in [2.45, 2.75) is 13.0 Å². The molecule has 20 heavy (non-hydrogen) atoms. The van der Waals surface area contributed by atoms with Crippen molar-refractivity contribution in [3.05, 3.63) is 59.2 Å². The molecule has 0 bridgehead atoms. The van der Waals surface area contributed by atoms with E-state index in [-0.39, 0.29) is 6.04 Å². The summed E-state index contributed by atoms with van der Waals surface area (Å²) < 4.78 is 11.2. The van der Waals surface area contributed by atoms with E-state index in [9.17, 15) is 0 Å². The van der Waals surface area contributed by atoms with Crippen molar-refractivity contribution in [2.24, 2.45) is 5.84 Å². The molecule has 0 aliphatic carbocycles. The Morgan fingerprint density at radius 1 is 1.00 bits per heavy atom. The van der Waals surface area contributed by atoms with E-state index in [4.69, 9.17) is 15.3 Å². The molecule has 0 radical (unpaired) electrons. The molecule has 0 amide bonds. The van der Waals surface area contributed by atoms with Crippen molar-refractivity contribution in [1.29, 1.82) is 0 Å². The van der Waals surface area contributed by atoms with Gasteiger partial charge in [-0.05, 0) is 30.2 Å². The van der Waals surface area contributed by atoms with Gasteiger partial charge < -0.3 is 9.47 Å². The molecule has 1 aliphatic heterocycles. The Kier molecular flexibility index (Phi) is 3.58. The molecule has 4 nitrogen and oxygen atoms in total. The zero-order valence-corrected chi connectivity index (χ0v) is 11.4. The number of ether oxygens (including phenoxy) is 2. The van der Waals surface area contributed by atoms with Crippen LogP contribution in [0, 0.1) is 6.92 Å². The van der Waals surface area contributed by atoms with Crippen LogP contribution in [0.1, 0.15) is 22.7 Å². The van der Waals surface area contributed by atoms with Gasteiger partial charge in [0.05, 0.1) is 6.04 Å². The molecule has 1 atom stereocenters. The SMILES string of the molecule is Cc1cccc(C(NN)c2ccc3c(c2)OCCO3)c1. The first-order valence-electron chi connectivity index (χ1n) is 6.70. The lowest BCUT2D eigenvalue weighted by molar-refractivity contribution is 0.171. The van der Waals surface area contributed by atoms with Gasteiger partial charge in [0.25, 0.3) is 0 Å². The highest BCUT2D eigenvalue weighted by molar-refractivity contribution is 5.46. The fourth-order valence-electron chi connectivity index (χ4n) is 2.47. The molecule has 1 aliphatic rings. The second kappa shape index (κ2) is 5.53. The van der Waals surface area contributed by atoms with Crippen LogP contribution in [0.25, 0.3) is 0 Å². The molecule has 2 aromatic rings. The number of hydrazine groups is 1. The molecule has 0 spiro atoms. The minimum atomic E-state index is -0.0641. The Morgan fingerprint density at radius 2 is 1.75 bits per heavy atom. The van der Waals surface area contributed by atoms with Gasteiger partial charge in [-0.3, -0.25) is 5.84 Å². The van der Waals surface area contributed by atoms with Gasteiger partial charge in [0.2, 0.25) is 0 Å². The fourth-order valence-corrected chi connectivity index (χ4v) is 2.47. The Morgan fingerprint density at radius 3 is 2.50 bits per heavy atom. The maximum absolute atomic E-state index is 5.74. The number of hydrogen-bond acceptors (Lipinski definition) is 4. The number of benzene rings is 2. The van der Waals surface area contributed by atoms with Crippen LogP contribution >= 0.6 is 0 Å². The molecule has 1 heterocycles. The molecule has 2 aromatic carbocycles. The van der Waals surface area contributed by atoms with Crippen LogP contribution in [0.5, 0.6) is 11.5 Å². The number of rotatable bonds is 3. The molecule has 3 N–H and O–H groups in total. The summed E-state index contributed by atoms with van der Waals surface area (Å²) in [4.78, 5) is 0. The second-order valence-corrected chi connectivity index (χ2v) is 4.92. The monoisotopic (exact) mass is 270 g/mol. The molecule has 1 unspecified atom stereocenters. The third-order valence-electron chi connectivity index (χ3n) is 3.44. The molecule has 4 heteroatoms. The largest absolute Gasteiger partial charge is 0.486 e. The summed E-state index contributed by atoms with van der Waals surface area (Å²) in [6.07, 6.45) is 0. The summed E-state index contributed by atoms with van der Waals surface area (Å²) in [7, 11) is 0. The van der Waals surface area contributed by atoms with Crippen LogP contribution in [0.15, 0.2) is 42.5 Å². The first-order valence-corrected chi connectivity index (χ1v) is 6.70. The molecule has 0 aromatic heterocycles. The highest BCUT2D eigenvalue weighted by Crippen LogP contribution is 2.34. The highest BCUT2D eigenvalue weighted by Gasteiger charge is 2.17. The lowest BCUT2D eigenvalue weighted by atomic mass is 9.97. The smallest absolute Gasteiger partial charge is 0.161 e. The Labute approximate surface area is 118 Å². The number of nitrogens with two attached hydrogens (primary N) is 1. The van der Waals surface area contributed by atoms with E-state index in [1.165, 1.54) is 5.56 Å². The maximum Gasteiger partial charge on any atom is 0.161 e. The van der Waals surface area contributed by atoms with Crippen molar-refractivity contribution < 1.29 is 9.47 Å². The first-order chi connectivity index (χ1) is 9.78. The quantitative estimate of drug-likeness (QED) is 0.664. The number of hydrogen-bond donors (Lipinski definition) is 2. The van der Waals surface area contributed by atoms with E-state index in [2.05, 4.69) is 30.5 Å². The molecule has 0 saturated heterocycles. The van der Waals surface area contributed by atoms with Crippen molar-refractivity contribution in [3.63, 3.8) is 0 Å². The van der Waals surface area contributed by atoms with Crippen LogP contribution in [-0.2, 0) is 0 Å². The summed E-state index contributed by atoms with van der Waals surface area (Å²) in [5.41, 5.74) is 6.27. The number of fused-ring (bicyclic) bond motifs is 1. The van der Waals surface area contributed by atoms with Gasteiger partial charge in [0.1, 0.15) is 13.2 Å². The van der Waals surface area contributed by atoms with Crippen molar-refractivity contribution in [1.82, 2.24) is 5.43 Å². The van der Waals surface area contributed by atoms with Gasteiger partial charge in [-0.25, -0.2) is 5.43 Å². The lowest BCUT2D eigenvalue weighted by Gasteiger charge is -2.22. The maximum atomic E-state index is 5.74.